The Bertz CT molecular complexity index is 704. The van der Waals surface area contributed by atoms with Crippen LogP contribution in [0.2, 0.25) is 0 Å². The summed E-state index contributed by atoms with van der Waals surface area (Å²) in [7, 11) is 4.22. The van der Waals surface area contributed by atoms with E-state index < -0.39 is 0 Å². The van der Waals surface area contributed by atoms with Gasteiger partial charge in [0, 0.05) is 24.7 Å². The van der Waals surface area contributed by atoms with Crippen LogP contribution in [0.25, 0.3) is 11.3 Å². The lowest BCUT2D eigenvalue weighted by Gasteiger charge is -2.35. The van der Waals surface area contributed by atoms with Crippen LogP contribution in [0.5, 0.6) is 0 Å². The molecule has 1 aliphatic rings. The zero-order chi connectivity index (χ0) is 17.1. The predicted octanol–water partition coefficient (Wildman–Crippen LogP) is 3.22. The third-order valence-electron chi connectivity index (χ3n) is 4.87. The lowest BCUT2D eigenvalue weighted by Crippen LogP contribution is -2.44. The molecule has 0 unspecified atom stereocenters. The summed E-state index contributed by atoms with van der Waals surface area (Å²) in [5.74, 6) is 0.108. The summed E-state index contributed by atoms with van der Waals surface area (Å²) in [6, 6.07) is 14.5. The van der Waals surface area contributed by atoms with E-state index in [0.29, 0.717) is 6.04 Å². The molecular formula is C20H25N3O. The fourth-order valence-electron chi connectivity index (χ4n) is 3.31. The largest absolute Gasteiger partial charge is 0.338 e. The molecule has 1 aliphatic heterocycles. The Morgan fingerprint density at radius 1 is 1.08 bits per heavy atom. The van der Waals surface area contributed by atoms with Crippen molar-refractivity contribution >= 4 is 5.91 Å². The van der Waals surface area contributed by atoms with Gasteiger partial charge in [-0.2, -0.15) is 0 Å². The summed E-state index contributed by atoms with van der Waals surface area (Å²) in [5.41, 5.74) is 3.51. The molecule has 1 saturated heterocycles. The highest BCUT2D eigenvalue weighted by molar-refractivity contribution is 5.95. The smallest absolute Gasteiger partial charge is 0.255 e. The number of benzene rings is 1. The Morgan fingerprint density at radius 2 is 1.75 bits per heavy atom. The van der Waals surface area contributed by atoms with Gasteiger partial charge in [0.05, 0.1) is 17.0 Å². The quantitative estimate of drug-likeness (QED) is 0.870. The molecule has 2 aromatic rings. The third kappa shape index (κ3) is 3.49. The van der Waals surface area contributed by atoms with Crippen molar-refractivity contribution in [1.82, 2.24) is 14.8 Å². The van der Waals surface area contributed by atoms with Crippen molar-refractivity contribution in [3.63, 3.8) is 0 Å². The number of likely N-dealkylation sites (tertiary alicyclic amines) is 1. The molecule has 4 heteroatoms. The van der Waals surface area contributed by atoms with Crippen LogP contribution >= 0.6 is 0 Å². The highest BCUT2D eigenvalue weighted by atomic mass is 16.2. The highest BCUT2D eigenvalue weighted by Gasteiger charge is 2.25. The van der Waals surface area contributed by atoms with Crippen molar-refractivity contribution in [2.45, 2.75) is 25.8 Å². The van der Waals surface area contributed by atoms with Crippen LogP contribution in [-0.4, -0.2) is 53.9 Å². The molecule has 126 valence electrons. The number of nitrogens with zero attached hydrogens (tertiary/aromatic N) is 3. The van der Waals surface area contributed by atoms with E-state index in [9.17, 15) is 4.79 Å². The van der Waals surface area contributed by atoms with Crippen molar-refractivity contribution in [3.05, 3.63) is 53.7 Å². The topological polar surface area (TPSA) is 36.4 Å². The lowest BCUT2D eigenvalue weighted by atomic mass is 10.0. The fourth-order valence-corrected chi connectivity index (χ4v) is 3.31. The molecule has 1 aromatic heterocycles. The summed E-state index contributed by atoms with van der Waals surface area (Å²) >= 11 is 0. The number of carbonyl (C=O) groups excluding carboxylic acids is 1. The van der Waals surface area contributed by atoms with Gasteiger partial charge in [0.25, 0.3) is 5.91 Å². The van der Waals surface area contributed by atoms with Crippen LogP contribution in [0, 0.1) is 6.92 Å². The monoisotopic (exact) mass is 323 g/mol. The molecule has 0 bridgehead atoms. The molecule has 24 heavy (non-hydrogen) atoms. The molecule has 4 nitrogen and oxygen atoms in total. The molecule has 0 atom stereocenters. The number of pyridine rings is 1. The van der Waals surface area contributed by atoms with Crippen molar-refractivity contribution in [2.24, 2.45) is 0 Å². The number of aryl methyl sites for hydroxylation is 1. The Kier molecular flexibility index (Phi) is 4.95. The lowest BCUT2D eigenvalue weighted by molar-refractivity contribution is 0.0662. The van der Waals surface area contributed by atoms with Gasteiger partial charge in [0.1, 0.15) is 0 Å². The first kappa shape index (κ1) is 16.7. The second kappa shape index (κ2) is 7.14. The van der Waals surface area contributed by atoms with E-state index in [1.807, 2.05) is 54.3 Å². The summed E-state index contributed by atoms with van der Waals surface area (Å²) < 4.78 is 0. The minimum atomic E-state index is 0.108. The second-order valence-corrected chi connectivity index (χ2v) is 6.68. The SMILES string of the molecule is Cc1nc(-c2ccccc2)ccc1C(=O)N1CCC(N(C)C)CC1. The molecular weight excluding hydrogens is 298 g/mol. The van der Waals surface area contributed by atoms with Crippen molar-refractivity contribution in [2.75, 3.05) is 27.2 Å². The highest BCUT2D eigenvalue weighted by Crippen LogP contribution is 2.21. The van der Waals surface area contributed by atoms with Gasteiger partial charge in [-0.3, -0.25) is 9.78 Å². The van der Waals surface area contributed by atoms with Gasteiger partial charge < -0.3 is 9.80 Å². The zero-order valence-electron chi connectivity index (χ0n) is 14.7. The third-order valence-corrected chi connectivity index (χ3v) is 4.87. The minimum Gasteiger partial charge on any atom is -0.338 e. The molecule has 1 fully saturated rings. The van der Waals surface area contributed by atoms with Gasteiger partial charge in [0.15, 0.2) is 0 Å². The number of carbonyl (C=O) groups is 1. The normalized spacial score (nSPS) is 15.8. The zero-order valence-corrected chi connectivity index (χ0v) is 14.7. The first-order valence-corrected chi connectivity index (χ1v) is 8.55. The van der Waals surface area contributed by atoms with Gasteiger partial charge in [-0.25, -0.2) is 0 Å². The molecule has 0 N–H and O–H groups in total. The maximum absolute atomic E-state index is 12.8. The Morgan fingerprint density at radius 3 is 2.33 bits per heavy atom. The van der Waals surface area contributed by atoms with Crippen molar-refractivity contribution in [1.29, 1.82) is 0 Å². The van der Waals surface area contributed by atoms with E-state index in [0.717, 1.165) is 48.4 Å². The average Bonchev–Trinajstić information content (AvgIpc) is 2.62. The van der Waals surface area contributed by atoms with Gasteiger partial charge in [-0.1, -0.05) is 30.3 Å². The molecule has 0 radical (unpaired) electrons. The van der Waals surface area contributed by atoms with Crippen molar-refractivity contribution in [3.8, 4) is 11.3 Å². The number of hydrogen-bond donors (Lipinski definition) is 0. The van der Waals surface area contributed by atoms with Gasteiger partial charge in [-0.05, 0) is 46.0 Å². The molecule has 0 spiro atoms. The van der Waals surface area contributed by atoms with E-state index in [1.54, 1.807) is 0 Å². The maximum atomic E-state index is 12.8. The van der Waals surface area contributed by atoms with Crippen LogP contribution in [0.1, 0.15) is 28.9 Å². The molecule has 1 aromatic carbocycles. The summed E-state index contributed by atoms with van der Waals surface area (Å²) in [4.78, 5) is 21.7. The predicted molar refractivity (Wildman–Crippen MR) is 97.0 cm³/mol. The maximum Gasteiger partial charge on any atom is 0.255 e. The van der Waals surface area contributed by atoms with E-state index >= 15 is 0 Å². The van der Waals surface area contributed by atoms with E-state index in [-0.39, 0.29) is 5.91 Å². The van der Waals surface area contributed by atoms with Gasteiger partial charge in [-0.15, -0.1) is 0 Å². The standard InChI is InChI=1S/C20H25N3O/c1-15-18(9-10-19(21-15)16-7-5-4-6-8-16)20(24)23-13-11-17(12-14-23)22(2)3/h4-10,17H,11-14H2,1-3H3. The molecule has 2 heterocycles. The van der Waals surface area contributed by atoms with E-state index in [2.05, 4.69) is 24.0 Å². The fraction of sp³-hybridized carbons (Fsp3) is 0.400. The number of amides is 1. The summed E-state index contributed by atoms with van der Waals surface area (Å²) in [6.07, 6.45) is 2.07. The second-order valence-electron chi connectivity index (χ2n) is 6.68. The van der Waals surface area contributed by atoms with Gasteiger partial charge in [0.2, 0.25) is 0 Å². The van der Waals surface area contributed by atoms with Crippen LogP contribution < -0.4 is 0 Å². The number of hydrogen-bond acceptors (Lipinski definition) is 3. The molecule has 3 rings (SSSR count). The molecule has 0 saturated carbocycles. The Hall–Kier alpha value is -2.20. The Balaban J connectivity index is 1.74. The van der Waals surface area contributed by atoms with Crippen LogP contribution in [0.4, 0.5) is 0 Å². The van der Waals surface area contributed by atoms with Gasteiger partial charge >= 0.3 is 0 Å². The van der Waals surface area contributed by atoms with Crippen LogP contribution in [-0.2, 0) is 0 Å². The van der Waals surface area contributed by atoms with Crippen LogP contribution in [0.15, 0.2) is 42.5 Å². The molecule has 1 amide bonds. The minimum absolute atomic E-state index is 0.108. The first-order chi connectivity index (χ1) is 11.6. The Labute approximate surface area is 144 Å². The molecule has 0 aliphatic carbocycles. The number of aromatic nitrogens is 1. The van der Waals surface area contributed by atoms with E-state index in [1.165, 1.54) is 0 Å². The first-order valence-electron chi connectivity index (χ1n) is 8.55. The average molecular weight is 323 g/mol. The van der Waals surface area contributed by atoms with Crippen LogP contribution in [0.3, 0.4) is 0 Å². The number of rotatable bonds is 3. The van der Waals surface area contributed by atoms with E-state index in [4.69, 9.17) is 0 Å². The summed E-state index contributed by atoms with van der Waals surface area (Å²) in [5, 5.41) is 0. The number of piperidine rings is 1. The van der Waals surface area contributed by atoms with Crippen molar-refractivity contribution < 1.29 is 4.79 Å². The summed E-state index contributed by atoms with van der Waals surface area (Å²) in [6.45, 7) is 3.56.